The molecular weight excluding hydrogens is 440 g/mol. The fourth-order valence-corrected chi connectivity index (χ4v) is 3.86. The summed E-state index contributed by atoms with van der Waals surface area (Å²) in [5.41, 5.74) is 1.02. The van der Waals surface area contributed by atoms with E-state index in [1.807, 2.05) is 7.05 Å². The summed E-state index contributed by atoms with van der Waals surface area (Å²) < 4.78 is 27.6. The highest BCUT2D eigenvalue weighted by Gasteiger charge is 2.29. The van der Waals surface area contributed by atoms with Gasteiger partial charge in [0.25, 0.3) is 5.91 Å². The van der Waals surface area contributed by atoms with Crippen LogP contribution in [0.1, 0.15) is 15.9 Å². The zero-order chi connectivity index (χ0) is 24.2. The molecule has 9 nitrogen and oxygen atoms in total. The molecule has 2 aromatic rings. The highest BCUT2D eigenvalue weighted by Crippen LogP contribution is 2.39. The Hall–Kier alpha value is -3.72. The largest absolute Gasteiger partial charge is 0.496 e. The van der Waals surface area contributed by atoms with Gasteiger partial charge in [-0.15, -0.1) is 0 Å². The average Bonchev–Trinajstić information content (AvgIpc) is 3.16. The van der Waals surface area contributed by atoms with Crippen molar-refractivity contribution in [2.45, 2.75) is 0 Å². The summed E-state index contributed by atoms with van der Waals surface area (Å²) in [5, 5.41) is 0. The van der Waals surface area contributed by atoms with Gasteiger partial charge in [0.1, 0.15) is 17.2 Å². The molecule has 2 aliphatic heterocycles. The van der Waals surface area contributed by atoms with Crippen molar-refractivity contribution in [3.8, 4) is 28.7 Å². The van der Waals surface area contributed by atoms with Gasteiger partial charge in [0.2, 0.25) is 5.78 Å². The molecule has 0 atom stereocenters. The summed E-state index contributed by atoms with van der Waals surface area (Å²) in [6.07, 6.45) is 1.60. The summed E-state index contributed by atoms with van der Waals surface area (Å²) in [4.78, 5) is 29.3. The van der Waals surface area contributed by atoms with E-state index in [1.54, 1.807) is 41.3 Å². The van der Waals surface area contributed by atoms with Crippen LogP contribution >= 0.6 is 0 Å². The second-order valence-corrected chi connectivity index (χ2v) is 8.02. The normalized spacial score (nSPS) is 16.8. The van der Waals surface area contributed by atoms with E-state index in [4.69, 9.17) is 23.7 Å². The lowest BCUT2D eigenvalue weighted by molar-refractivity contribution is -0.134. The number of carbonyl (C=O) groups is 2. The molecule has 2 heterocycles. The van der Waals surface area contributed by atoms with Gasteiger partial charge in [-0.1, -0.05) is 0 Å². The number of nitrogens with zero attached hydrogens (tertiary/aromatic N) is 2. The molecule has 2 aromatic carbocycles. The summed E-state index contributed by atoms with van der Waals surface area (Å²) in [6, 6.07) is 8.32. The van der Waals surface area contributed by atoms with E-state index in [0.717, 1.165) is 13.1 Å². The van der Waals surface area contributed by atoms with Crippen molar-refractivity contribution < 1.29 is 33.3 Å². The van der Waals surface area contributed by atoms with Gasteiger partial charge in [-0.2, -0.15) is 0 Å². The Kier molecular flexibility index (Phi) is 6.93. The molecule has 34 heavy (non-hydrogen) atoms. The van der Waals surface area contributed by atoms with Crippen LogP contribution in [-0.4, -0.2) is 82.7 Å². The van der Waals surface area contributed by atoms with Crippen LogP contribution in [-0.2, 0) is 4.79 Å². The van der Waals surface area contributed by atoms with Crippen molar-refractivity contribution in [3.63, 3.8) is 0 Å². The molecule has 0 saturated carbocycles. The second-order valence-electron chi connectivity index (χ2n) is 8.02. The van der Waals surface area contributed by atoms with Gasteiger partial charge >= 0.3 is 0 Å². The number of fused-ring (bicyclic) bond motifs is 1. The third-order valence-electron chi connectivity index (χ3n) is 5.88. The molecule has 1 fully saturated rings. The Morgan fingerprint density at radius 3 is 2.32 bits per heavy atom. The molecule has 0 spiro atoms. The number of piperazine rings is 1. The molecule has 0 bridgehead atoms. The van der Waals surface area contributed by atoms with E-state index in [0.29, 0.717) is 53.0 Å². The molecule has 2 aliphatic rings. The smallest absolute Gasteiger partial charge is 0.260 e. The van der Waals surface area contributed by atoms with Crippen LogP contribution in [0.15, 0.2) is 36.1 Å². The second kappa shape index (κ2) is 10.0. The summed E-state index contributed by atoms with van der Waals surface area (Å²) >= 11 is 0. The molecule has 1 amide bonds. The third-order valence-corrected chi connectivity index (χ3v) is 5.88. The first-order valence-corrected chi connectivity index (χ1v) is 10.9. The van der Waals surface area contributed by atoms with Crippen molar-refractivity contribution in [3.05, 3.63) is 47.2 Å². The van der Waals surface area contributed by atoms with E-state index in [-0.39, 0.29) is 24.1 Å². The summed E-state index contributed by atoms with van der Waals surface area (Å²) in [5.74, 6) is 2.17. The van der Waals surface area contributed by atoms with Gasteiger partial charge in [0.15, 0.2) is 23.9 Å². The minimum Gasteiger partial charge on any atom is -0.496 e. The molecular formula is C25H28N2O7. The van der Waals surface area contributed by atoms with Crippen LogP contribution in [0.4, 0.5) is 0 Å². The SMILES string of the molecule is COc1cc(OC)c(OC)cc1C=C1Oc2cc(OCC(=O)N3CCN(C)CC3)ccc2C1=O. The molecule has 0 radical (unpaired) electrons. The highest BCUT2D eigenvalue weighted by atomic mass is 16.5. The highest BCUT2D eigenvalue weighted by molar-refractivity contribution is 6.14. The number of rotatable bonds is 7. The van der Waals surface area contributed by atoms with Gasteiger partial charge < -0.3 is 33.5 Å². The number of hydrogen-bond acceptors (Lipinski definition) is 8. The Labute approximate surface area is 198 Å². The van der Waals surface area contributed by atoms with Crippen molar-refractivity contribution in [1.29, 1.82) is 0 Å². The minimum atomic E-state index is -0.257. The van der Waals surface area contributed by atoms with E-state index < -0.39 is 0 Å². The van der Waals surface area contributed by atoms with E-state index in [9.17, 15) is 9.59 Å². The topological polar surface area (TPSA) is 86.8 Å². The van der Waals surface area contributed by atoms with Crippen molar-refractivity contribution >= 4 is 17.8 Å². The van der Waals surface area contributed by atoms with Crippen molar-refractivity contribution in [1.82, 2.24) is 9.80 Å². The Bertz CT molecular complexity index is 1120. The lowest BCUT2D eigenvalue weighted by Gasteiger charge is -2.32. The van der Waals surface area contributed by atoms with Gasteiger partial charge in [0.05, 0.1) is 26.9 Å². The molecule has 4 rings (SSSR count). The number of methoxy groups -OCH3 is 3. The first kappa shape index (κ1) is 23.4. The van der Waals surface area contributed by atoms with Crippen LogP contribution in [0.25, 0.3) is 6.08 Å². The zero-order valence-corrected chi connectivity index (χ0v) is 19.8. The molecule has 1 saturated heterocycles. The number of Topliss-reactive ketones (excluding diaryl/α,β-unsaturated/α-hetero) is 1. The number of benzene rings is 2. The first-order valence-electron chi connectivity index (χ1n) is 10.9. The molecule has 0 aromatic heterocycles. The minimum absolute atomic E-state index is 0.0632. The zero-order valence-electron chi connectivity index (χ0n) is 19.8. The molecule has 0 aliphatic carbocycles. The Morgan fingerprint density at radius 1 is 0.971 bits per heavy atom. The number of ketones is 1. The first-order chi connectivity index (χ1) is 16.4. The monoisotopic (exact) mass is 468 g/mol. The van der Waals surface area contributed by atoms with Crippen molar-refractivity contribution in [2.75, 3.05) is 61.2 Å². The molecule has 9 heteroatoms. The van der Waals surface area contributed by atoms with E-state index in [2.05, 4.69) is 4.90 Å². The number of likely N-dealkylation sites (N-methyl/N-ethyl adjacent to an activating group) is 1. The van der Waals surface area contributed by atoms with Gasteiger partial charge in [-0.05, 0) is 31.3 Å². The maximum absolute atomic E-state index is 12.9. The number of carbonyl (C=O) groups excluding carboxylic acids is 2. The number of allylic oxidation sites excluding steroid dienone is 1. The van der Waals surface area contributed by atoms with Gasteiger partial charge in [0, 0.05) is 43.9 Å². The molecule has 180 valence electrons. The number of ether oxygens (including phenoxy) is 5. The maximum Gasteiger partial charge on any atom is 0.260 e. The standard InChI is InChI=1S/C25H28N2O7/c1-26-7-9-27(10-8-26)24(28)15-33-17-5-6-18-20(13-17)34-23(25(18)29)12-16-11-21(31-3)22(32-4)14-19(16)30-2/h5-6,11-14H,7-10,15H2,1-4H3. The quantitative estimate of drug-likeness (QED) is 0.573. The lowest BCUT2D eigenvalue weighted by atomic mass is 10.1. The summed E-state index contributed by atoms with van der Waals surface area (Å²) in [7, 11) is 6.63. The van der Waals surface area contributed by atoms with Crippen LogP contribution in [0.3, 0.4) is 0 Å². The Balaban J connectivity index is 1.48. The number of amides is 1. The molecule has 0 N–H and O–H groups in total. The fraction of sp³-hybridized carbons (Fsp3) is 0.360. The maximum atomic E-state index is 12.9. The predicted octanol–water partition coefficient (Wildman–Crippen LogP) is 2.48. The van der Waals surface area contributed by atoms with Gasteiger partial charge in [-0.3, -0.25) is 9.59 Å². The van der Waals surface area contributed by atoms with Crippen LogP contribution in [0.2, 0.25) is 0 Å². The van der Waals surface area contributed by atoms with Crippen LogP contribution in [0.5, 0.6) is 28.7 Å². The third kappa shape index (κ3) is 4.79. The van der Waals surface area contributed by atoms with Crippen LogP contribution < -0.4 is 23.7 Å². The van der Waals surface area contributed by atoms with E-state index in [1.165, 1.54) is 21.3 Å². The van der Waals surface area contributed by atoms with Crippen LogP contribution in [0, 0.1) is 0 Å². The molecule has 0 unspecified atom stereocenters. The van der Waals surface area contributed by atoms with Gasteiger partial charge in [-0.25, -0.2) is 0 Å². The number of hydrogen-bond donors (Lipinski definition) is 0. The predicted molar refractivity (Wildman–Crippen MR) is 125 cm³/mol. The summed E-state index contributed by atoms with van der Waals surface area (Å²) in [6.45, 7) is 3.01. The Morgan fingerprint density at radius 2 is 1.65 bits per heavy atom. The van der Waals surface area contributed by atoms with Crippen molar-refractivity contribution in [2.24, 2.45) is 0 Å². The fourth-order valence-electron chi connectivity index (χ4n) is 3.86. The van der Waals surface area contributed by atoms with E-state index >= 15 is 0 Å². The lowest BCUT2D eigenvalue weighted by Crippen LogP contribution is -2.48. The average molecular weight is 469 g/mol.